The number of likely N-dealkylation sites (N-methyl/N-ethyl adjacent to an activating group) is 1. The molecule has 1 atom stereocenters. The number of esters is 1. The van der Waals surface area contributed by atoms with Crippen molar-refractivity contribution in [2.24, 2.45) is 0 Å². The highest BCUT2D eigenvalue weighted by atomic mass is 32.2. The normalized spacial score (nSPS) is 18.6. The fourth-order valence-electron chi connectivity index (χ4n) is 2.53. The van der Waals surface area contributed by atoms with Crippen molar-refractivity contribution < 1.29 is 32.6 Å². The minimum atomic E-state index is -3.09. The Morgan fingerprint density at radius 2 is 2.12 bits per heavy atom. The van der Waals surface area contributed by atoms with Crippen LogP contribution in [0.3, 0.4) is 0 Å². The van der Waals surface area contributed by atoms with Gasteiger partial charge in [-0.1, -0.05) is 6.07 Å². The lowest BCUT2D eigenvalue weighted by atomic mass is 10.2. The zero-order chi connectivity index (χ0) is 19.3. The summed E-state index contributed by atoms with van der Waals surface area (Å²) in [6.45, 7) is -0.463. The number of phenolic OH excluding ortho intramolecular Hbond substituents is 1. The van der Waals surface area contributed by atoms with E-state index in [0.29, 0.717) is 12.0 Å². The van der Waals surface area contributed by atoms with Gasteiger partial charge in [-0.15, -0.1) is 0 Å². The number of hydrogen-bond donors (Lipinski definition) is 1. The zero-order valence-electron chi connectivity index (χ0n) is 14.5. The average molecular weight is 383 g/mol. The van der Waals surface area contributed by atoms with Crippen molar-refractivity contribution in [3.05, 3.63) is 29.8 Å². The van der Waals surface area contributed by atoms with E-state index >= 15 is 0 Å². The summed E-state index contributed by atoms with van der Waals surface area (Å²) >= 11 is 0. The summed E-state index contributed by atoms with van der Waals surface area (Å²) in [5.74, 6) is -0.920. The number of rotatable bonds is 6. The number of benzene rings is 1. The number of aromatic hydroxyl groups is 1. The fourth-order valence-corrected chi connectivity index (χ4v) is 4.30. The van der Waals surface area contributed by atoms with Gasteiger partial charge in [0.1, 0.15) is 0 Å². The van der Waals surface area contributed by atoms with Gasteiger partial charge in [-0.2, -0.15) is 0 Å². The molecule has 26 heavy (non-hydrogen) atoms. The minimum absolute atomic E-state index is 0.0187. The predicted octanol–water partition coefficient (Wildman–Crippen LogP) is 0.603. The highest BCUT2D eigenvalue weighted by Gasteiger charge is 2.32. The van der Waals surface area contributed by atoms with Crippen LogP contribution in [0.15, 0.2) is 24.3 Å². The number of sulfone groups is 1. The van der Waals surface area contributed by atoms with E-state index in [1.54, 1.807) is 12.1 Å². The highest BCUT2D eigenvalue weighted by Crippen LogP contribution is 2.26. The van der Waals surface area contributed by atoms with E-state index in [1.165, 1.54) is 31.2 Å². The third kappa shape index (κ3) is 5.22. The fraction of sp³-hybridized carbons (Fsp3) is 0.412. The number of nitrogens with zero attached hydrogens (tertiary/aromatic N) is 1. The molecule has 1 N–H and O–H groups in total. The van der Waals surface area contributed by atoms with Crippen LogP contribution < -0.4 is 4.74 Å². The molecule has 1 aliphatic rings. The van der Waals surface area contributed by atoms with Gasteiger partial charge < -0.3 is 19.5 Å². The molecule has 1 aromatic carbocycles. The first kappa shape index (κ1) is 19.8. The maximum Gasteiger partial charge on any atom is 0.331 e. The summed E-state index contributed by atoms with van der Waals surface area (Å²) in [6, 6.07) is 4.17. The third-order valence-corrected chi connectivity index (χ3v) is 5.85. The van der Waals surface area contributed by atoms with Gasteiger partial charge in [0.25, 0.3) is 5.91 Å². The first-order chi connectivity index (χ1) is 12.2. The molecule has 1 aromatic rings. The molecule has 1 amide bonds. The molecule has 0 aromatic heterocycles. The van der Waals surface area contributed by atoms with E-state index < -0.39 is 28.3 Å². The topological polar surface area (TPSA) is 110 Å². The second-order valence-corrected chi connectivity index (χ2v) is 8.16. The quantitative estimate of drug-likeness (QED) is 0.566. The number of carbonyl (C=O) groups is 2. The molecule has 1 fully saturated rings. The van der Waals surface area contributed by atoms with Gasteiger partial charge in [0.2, 0.25) is 0 Å². The van der Waals surface area contributed by atoms with Crippen molar-refractivity contribution in [1.82, 2.24) is 4.90 Å². The molecule has 1 heterocycles. The van der Waals surface area contributed by atoms with Crippen molar-refractivity contribution in [2.75, 3.05) is 32.3 Å². The van der Waals surface area contributed by atoms with Crippen LogP contribution in [-0.4, -0.2) is 68.6 Å². The van der Waals surface area contributed by atoms with Crippen molar-refractivity contribution in [3.8, 4) is 11.5 Å². The van der Waals surface area contributed by atoms with Crippen molar-refractivity contribution in [2.45, 2.75) is 12.5 Å². The summed E-state index contributed by atoms with van der Waals surface area (Å²) < 4.78 is 32.8. The van der Waals surface area contributed by atoms with Gasteiger partial charge in [0.15, 0.2) is 27.9 Å². The van der Waals surface area contributed by atoms with Crippen LogP contribution in [0.25, 0.3) is 6.08 Å². The number of hydrogen-bond acceptors (Lipinski definition) is 7. The molecule has 8 nitrogen and oxygen atoms in total. The molecule has 0 spiro atoms. The van der Waals surface area contributed by atoms with E-state index in [-0.39, 0.29) is 29.0 Å². The van der Waals surface area contributed by atoms with Crippen molar-refractivity contribution >= 4 is 27.8 Å². The number of methoxy groups -OCH3 is 1. The second kappa shape index (κ2) is 8.22. The molecule has 2 rings (SSSR count). The summed E-state index contributed by atoms with van der Waals surface area (Å²) in [5, 5.41) is 9.51. The van der Waals surface area contributed by atoms with Crippen LogP contribution in [0.5, 0.6) is 11.5 Å². The molecule has 0 aliphatic carbocycles. The number of ether oxygens (including phenoxy) is 2. The lowest BCUT2D eigenvalue weighted by Crippen LogP contribution is -2.40. The lowest BCUT2D eigenvalue weighted by Gasteiger charge is -2.22. The first-order valence-electron chi connectivity index (χ1n) is 7.90. The smallest absolute Gasteiger partial charge is 0.331 e. The maximum atomic E-state index is 12.0. The Bertz CT molecular complexity index is 816. The lowest BCUT2D eigenvalue weighted by molar-refractivity contribution is -0.148. The molecule has 1 aliphatic heterocycles. The molecule has 9 heteroatoms. The maximum absolute atomic E-state index is 12.0. The van der Waals surface area contributed by atoms with Gasteiger partial charge in [-0.05, 0) is 30.2 Å². The van der Waals surface area contributed by atoms with Gasteiger partial charge in [-0.25, -0.2) is 13.2 Å². The van der Waals surface area contributed by atoms with Crippen LogP contribution in [0.2, 0.25) is 0 Å². The second-order valence-electron chi connectivity index (χ2n) is 5.93. The Hall–Kier alpha value is -2.55. The molecule has 0 saturated carbocycles. The average Bonchev–Trinajstić information content (AvgIpc) is 2.98. The first-order valence-corrected chi connectivity index (χ1v) is 9.72. The largest absolute Gasteiger partial charge is 0.504 e. The van der Waals surface area contributed by atoms with E-state index in [0.717, 1.165) is 6.08 Å². The standard InChI is InChI=1S/C17H21NO7S/c1-18(13-7-8-26(22,23)11-13)16(20)10-25-17(21)6-4-12-3-5-14(19)15(9-12)24-2/h3-6,9,13,19H,7-8,10-11H2,1-2H3/b6-4+/t13-/m1/s1. The van der Waals surface area contributed by atoms with Gasteiger partial charge in [0, 0.05) is 19.2 Å². The number of carbonyl (C=O) groups excluding carboxylic acids is 2. The van der Waals surface area contributed by atoms with Crippen LogP contribution in [0, 0.1) is 0 Å². The Morgan fingerprint density at radius 3 is 2.73 bits per heavy atom. The molecule has 142 valence electrons. The summed E-state index contributed by atoms with van der Waals surface area (Å²) in [7, 11) is -0.183. The zero-order valence-corrected chi connectivity index (χ0v) is 15.4. The molecular formula is C17H21NO7S. The minimum Gasteiger partial charge on any atom is -0.504 e. The van der Waals surface area contributed by atoms with Crippen LogP contribution in [0.1, 0.15) is 12.0 Å². The molecule has 0 radical (unpaired) electrons. The number of phenols is 1. The van der Waals surface area contributed by atoms with E-state index in [1.807, 2.05) is 0 Å². The molecule has 1 saturated heterocycles. The SMILES string of the molecule is COc1cc(/C=C/C(=O)OCC(=O)N(C)[C@@H]2CCS(=O)(=O)C2)ccc1O. The van der Waals surface area contributed by atoms with Crippen molar-refractivity contribution in [3.63, 3.8) is 0 Å². The van der Waals surface area contributed by atoms with Gasteiger partial charge >= 0.3 is 5.97 Å². The van der Waals surface area contributed by atoms with E-state index in [4.69, 9.17) is 9.47 Å². The Labute approximate surface area is 151 Å². The van der Waals surface area contributed by atoms with Crippen molar-refractivity contribution in [1.29, 1.82) is 0 Å². The highest BCUT2D eigenvalue weighted by molar-refractivity contribution is 7.91. The van der Waals surface area contributed by atoms with Crippen LogP contribution in [-0.2, 0) is 24.2 Å². The summed E-state index contributed by atoms with van der Waals surface area (Å²) in [4.78, 5) is 25.1. The molecular weight excluding hydrogens is 362 g/mol. The van der Waals surface area contributed by atoms with Crippen LogP contribution >= 0.6 is 0 Å². The van der Waals surface area contributed by atoms with E-state index in [2.05, 4.69) is 0 Å². The predicted molar refractivity (Wildman–Crippen MR) is 94.5 cm³/mol. The van der Waals surface area contributed by atoms with E-state index in [9.17, 15) is 23.1 Å². The molecule has 0 unspecified atom stereocenters. The monoisotopic (exact) mass is 383 g/mol. The van der Waals surface area contributed by atoms with Gasteiger partial charge in [-0.3, -0.25) is 4.79 Å². The Kier molecular flexibility index (Phi) is 6.25. The Balaban J connectivity index is 1.85. The van der Waals surface area contributed by atoms with Gasteiger partial charge in [0.05, 0.1) is 18.6 Å². The summed E-state index contributed by atoms with van der Waals surface area (Å²) in [5.41, 5.74) is 0.608. The Morgan fingerprint density at radius 1 is 1.38 bits per heavy atom. The third-order valence-electron chi connectivity index (χ3n) is 4.10. The number of amides is 1. The summed E-state index contributed by atoms with van der Waals surface area (Å²) in [6.07, 6.45) is 3.00. The van der Waals surface area contributed by atoms with Crippen LogP contribution in [0.4, 0.5) is 0 Å². The molecule has 0 bridgehead atoms.